The summed E-state index contributed by atoms with van der Waals surface area (Å²) in [6.07, 6.45) is 7.75. The maximum atomic E-state index is 14.1. The van der Waals surface area contributed by atoms with E-state index in [9.17, 15) is 9.18 Å². The molecule has 4 heterocycles. The van der Waals surface area contributed by atoms with E-state index in [0.29, 0.717) is 11.4 Å². The molecule has 0 unspecified atom stereocenters. The second kappa shape index (κ2) is 6.84. The van der Waals surface area contributed by atoms with Crippen molar-refractivity contribution in [2.75, 3.05) is 4.90 Å². The van der Waals surface area contributed by atoms with E-state index in [4.69, 9.17) is 0 Å². The zero-order valence-electron chi connectivity index (χ0n) is 17.4. The molecule has 0 aliphatic carbocycles. The van der Waals surface area contributed by atoms with Crippen molar-refractivity contribution in [1.82, 2.24) is 19.5 Å². The summed E-state index contributed by atoms with van der Waals surface area (Å²) in [5.74, 6) is -0.415. The van der Waals surface area contributed by atoms with E-state index in [1.54, 1.807) is 34.3 Å². The van der Waals surface area contributed by atoms with Crippen LogP contribution in [-0.2, 0) is 10.2 Å². The number of fused-ring (bicyclic) bond motifs is 1. The van der Waals surface area contributed by atoms with Crippen molar-refractivity contribution in [3.63, 3.8) is 0 Å². The largest absolute Gasteiger partial charge is 0.303 e. The zero-order chi connectivity index (χ0) is 21.8. The number of halogens is 1. The first-order chi connectivity index (χ1) is 14.9. The number of hydrogen-bond acceptors (Lipinski definition) is 4. The summed E-state index contributed by atoms with van der Waals surface area (Å²) < 4.78 is 15.7. The molecule has 1 aliphatic rings. The van der Waals surface area contributed by atoms with Gasteiger partial charge in [-0.25, -0.2) is 9.37 Å². The Morgan fingerprint density at radius 3 is 2.61 bits per heavy atom. The van der Waals surface area contributed by atoms with Crippen LogP contribution in [0.3, 0.4) is 0 Å². The molecule has 6 nitrogen and oxygen atoms in total. The number of carbonyl (C=O) groups is 1. The van der Waals surface area contributed by atoms with Crippen molar-refractivity contribution < 1.29 is 9.18 Å². The number of hydrogen-bond donors (Lipinski definition) is 0. The Bertz CT molecular complexity index is 1330. The first-order valence-electron chi connectivity index (χ1n) is 9.92. The van der Waals surface area contributed by atoms with E-state index in [-0.39, 0.29) is 5.91 Å². The molecule has 0 spiro atoms. The van der Waals surface area contributed by atoms with Crippen molar-refractivity contribution in [3.8, 4) is 16.9 Å². The summed E-state index contributed by atoms with van der Waals surface area (Å²) in [7, 11) is 0. The Hall–Kier alpha value is -3.87. The van der Waals surface area contributed by atoms with Crippen LogP contribution in [0.5, 0.6) is 0 Å². The summed E-state index contributed by atoms with van der Waals surface area (Å²) >= 11 is 0. The number of aromatic nitrogens is 4. The molecule has 3 aromatic heterocycles. The van der Waals surface area contributed by atoms with Crippen LogP contribution in [-0.4, -0.2) is 25.4 Å². The maximum Gasteiger partial charge on any atom is 0.241 e. The Balaban J connectivity index is 1.61. The van der Waals surface area contributed by atoms with Crippen molar-refractivity contribution in [2.24, 2.45) is 0 Å². The van der Waals surface area contributed by atoms with Gasteiger partial charge in [0.25, 0.3) is 0 Å². The lowest BCUT2D eigenvalue weighted by atomic mass is 9.86. The SMILES string of the molecule is Cc1cc(N2C(=O)C(C)(C)c3ccc(-c4cn(-c5ccncc5F)cn4)cc32)ccn1. The van der Waals surface area contributed by atoms with Gasteiger partial charge < -0.3 is 4.57 Å². The fourth-order valence-electron chi connectivity index (χ4n) is 4.02. The number of anilines is 2. The Kier molecular flexibility index (Phi) is 4.22. The predicted octanol–water partition coefficient (Wildman–Crippen LogP) is 4.73. The molecule has 1 aliphatic heterocycles. The van der Waals surface area contributed by atoms with Crippen LogP contribution in [0, 0.1) is 12.7 Å². The summed E-state index contributed by atoms with van der Waals surface area (Å²) in [5, 5.41) is 0. The molecule has 0 N–H and O–H groups in total. The fraction of sp³-hybridized carbons (Fsp3) is 0.167. The van der Waals surface area contributed by atoms with E-state index in [2.05, 4.69) is 15.0 Å². The topological polar surface area (TPSA) is 63.9 Å². The van der Waals surface area contributed by atoms with Crippen LogP contribution in [0.1, 0.15) is 25.1 Å². The molecule has 7 heteroatoms. The summed E-state index contributed by atoms with van der Waals surface area (Å²) in [5.41, 5.74) is 4.65. The quantitative estimate of drug-likeness (QED) is 0.487. The molecule has 5 rings (SSSR count). The minimum Gasteiger partial charge on any atom is -0.303 e. The van der Waals surface area contributed by atoms with E-state index in [1.807, 2.05) is 51.1 Å². The molecule has 1 aromatic carbocycles. The molecule has 0 saturated heterocycles. The van der Waals surface area contributed by atoms with Gasteiger partial charge in [-0.15, -0.1) is 0 Å². The number of aryl methyl sites for hydroxylation is 1. The lowest BCUT2D eigenvalue weighted by molar-refractivity contribution is -0.121. The second-order valence-electron chi connectivity index (χ2n) is 8.15. The van der Waals surface area contributed by atoms with Crippen LogP contribution < -0.4 is 4.90 Å². The molecule has 0 fully saturated rings. The average molecular weight is 413 g/mol. The van der Waals surface area contributed by atoms with Crippen LogP contribution in [0.4, 0.5) is 15.8 Å². The van der Waals surface area contributed by atoms with Gasteiger partial charge in [0.1, 0.15) is 6.33 Å². The molecular weight excluding hydrogens is 393 g/mol. The van der Waals surface area contributed by atoms with Gasteiger partial charge in [-0.3, -0.25) is 19.7 Å². The highest BCUT2D eigenvalue weighted by Gasteiger charge is 2.44. The van der Waals surface area contributed by atoms with Crippen molar-refractivity contribution >= 4 is 17.3 Å². The number of pyridine rings is 2. The number of rotatable bonds is 3. The third kappa shape index (κ3) is 3.01. The molecule has 0 saturated carbocycles. The highest BCUT2D eigenvalue weighted by molar-refractivity contribution is 6.12. The highest BCUT2D eigenvalue weighted by Crippen LogP contribution is 2.46. The average Bonchev–Trinajstić information content (AvgIpc) is 3.30. The van der Waals surface area contributed by atoms with Crippen molar-refractivity contribution in [1.29, 1.82) is 0 Å². The monoisotopic (exact) mass is 413 g/mol. The predicted molar refractivity (Wildman–Crippen MR) is 116 cm³/mol. The normalized spacial score (nSPS) is 14.7. The van der Waals surface area contributed by atoms with Gasteiger partial charge in [-0.1, -0.05) is 12.1 Å². The van der Waals surface area contributed by atoms with E-state index in [0.717, 1.165) is 28.2 Å². The lowest BCUT2D eigenvalue weighted by Gasteiger charge is -2.20. The lowest BCUT2D eigenvalue weighted by Crippen LogP contribution is -2.33. The van der Waals surface area contributed by atoms with Crippen LogP contribution in [0.25, 0.3) is 16.9 Å². The third-order valence-corrected chi connectivity index (χ3v) is 5.70. The molecule has 31 heavy (non-hydrogen) atoms. The molecule has 4 aromatic rings. The zero-order valence-corrected chi connectivity index (χ0v) is 17.4. The molecule has 0 bridgehead atoms. The number of carbonyl (C=O) groups excluding carboxylic acids is 1. The fourth-order valence-corrected chi connectivity index (χ4v) is 4.02. The third-order valence-electron chi connectivity index (χ3n) is 5.70. The first-order valence-corrected chi connectivity index (χ1v) is 9.92. The minimum absolute atomic E-state index is 0.00892. The van der Waals surface area contributed by atoms with Crippen molar-refractivity contribution in [2.45, 2.75) is 26.2 Å². The molecule has 0 atom stereocenters. The standard InChI is InChI=1S/C24H20FN5O/c1-15-10-17(6-9-27-15)30-22-11-16(4-5-18(22)24(2,3)23(30)31)20-13-29(14-28-20)21-7-8-26-12-19(21)25/h4-14H,1-3H3. The molecule has 1 amide bonds. The minimum atomic E-state index is -0.648. The van der Waals surface area contributed by atoms with Gasteiger partial charge in [-0.2, -0.15) is 0 Å². The highest BCUT2D eigenvalue weighted by atomic mass is 19.1. The van der Waals surface area contributed by atoms with Gasteiger partial charge in [0.05, 0.1) is 34.4 Å². The first kappa shape index (κ1) is 19.1. The van der Waals surface area contributed by atoms with E-state index in [1.165, 1.54) is 12.4 Å². The Morgan fingerprint density at radius 2 is 1.84 bits per heavy atom. The second-order valence-corrected chi connectivity index (χ2v) is 8.15. The van der Waals surface area contributed by atoms with Gasteiger partial charge >= 0.3 is 0 Å². The summed E-state index contributed by atoms with van der Waals surface area (Å²) in [6.45, 7) is 5.77. The Morgan fingerprint density at radius 1 is 1.00 bits per heavy atom. The van der Waals surface area contributed by atoms with Crippen LogP contribution >= 0.6 is 0 Å². The van der Waals surface area contributed by atoms with Crippen LogP contribution in [0.15, 0.2) is 67.5 Å². The number of amides is 1. The summed E-state index contributed by atoms with van der Waals surface area (Å²) in [6, 6.07) is 11.2. The smallest absolute Gasteiger partial charge is 0.241 e. The number of imidazole rings is 1. The maximum absolute atomic E-state index is 14.1. The summed E-state index contributed by atoms with van der Waals surface area (Å²) in [4.78, 5) is 27.5. The number of benzene rings is 1. The molecule has 0 radical (unpaired) electrons. The van der Waals surface area contributed by atoms with Gasteiger partial charge in [-0.05, 0) is 50.6 Å². The number of nitrogens with zero attached hydrogens (tertiary/aromatic N) is 5. The van der Waals surface area contributed by atoms with E-state index >= 15 is 0 Å². The van der Waals surface area contributed by atoms with Gasteiger partial charge in [0.15, 0.2) is 5.82 Å². The molecule has 154 valence electrons. The molecular formula is C24H20FN5O. The van der Waals surface area contributed by atoms with Crippen LogP contribution in [0.2, 0.25) is 0 Å². The van der Waals surface area contributed by atoms with E-state index < -0.39 is 11.2 Å². The van der Waals surface area contributed by atoms with Gasteiger partial charge in [0, 0.05) is 29.8 Å². The van der Waals surface area contributed by atoms with Gasteiger partial charge in [0.2, 0.25) is 5.91 Å². The van der Waals surface area contributed by atoms with Crippen molar-refractivity contribution in [3.05, 3.63) is 84.6 Å². The Labute approximate surface area is 179 Å².